The quantitative estimate of drug-likeness (QED) is 0.0303. The second-order valence-corrected chi connectivity index (χ2v) is 22.4. The second kappa shape index (κ2) is 57.1. The highest BCUT2D eigenvalue weighted by molar-refractivity contribution is 8.76. The van der Waals surface area contributed by atoms with E-state index in [0.29, 0.717) is 5.75 Å². The zero-order valence-corrected chi connectivity index (χ0v) is 46.2. The van der Waals surface area contributed by atoms with Gasteiger partial charge in [-0.3, -0.25) is 9.59 Å². The van der Waals surface area contributed by atoms with Crippen LogP contribution in [0.25, 0.3) is 0 Å². The number of unbranched alkanes of at least 4 members (excludes halogenated alkanes) is 33. The average molecular weight is 970 g/mol. The van der Waals surface area contributed by atoms with Gasteiger partial charge < -0.3 is 31.9 Å². The third-order valence-electron chi connectivity index (χ3n) is 13.2. The van der Waals surface area contributed by atoms with E-state index in [1.807, 2.05) is 10.8 Å². The number of carbonyl (C=O) groups is 2. The summed E-state index contributed by atoms with van der Waals surface area (Å²) in [5.74, 6) is 1.79. The van der Waals surface area contributed by atoms with E-state index in [2.05, 4.69) is 46.9 Å². The van der Waals surface area contributed by atoms with E-state index in [0.717, 1.165) is 90.2 Å². The number of nitrogens with one attached hydrogen (secondary N) is 4. The minimum atomic E-state index is -0.475. The summed E-state index contributed by atoms with van der Waals surface area (Å²) in [5, 5.41) is 13.5. The Hall–Kier alpha value is -0.520. The SMILES string of the molecule is CCCCCCCCCCCCCCCCCCN(CCCCCCCCCCCCCCCCCC)C(=O)[C@H](CSSCCCCC)NC(=O)CNCCCNCCCCNCCCN. The van der Waals surface area contributed by atoms with E-state index < -0.39 is 6.04 Å². The van der Waals surface area contributed by atoms with Crippen molar-refractivity contribution in [2.24, 2.45) is 5.73 Å². The van der Waals surface area contributed by atoms with Crippen molar-refractivity contribution in [2.45, 2.75) is 277 Å². The highest BCUT2D eigenvalue weighted by Gasteiger charge is 2.26. The summed E-state index contributed by atoms with van der Waals surface area (Å²) in [5.41, 5.74) is 5.56. The number of nitrogens with two attached hydrogens (primary N) is 1. The summed E-state index contributed by atoms with van der Waals surface area (Å²) in [6.45, 7) is 14.3. The molecule has 0 saturated heterocycles. The van der Waals surface area contributed by atoms with Crippen molar-refractivity contribution in [3.63, 3.8) is 0 Å². The van der Waals surface area contributed by atoms with Gasteiger partial charge in [0.05, 0.1) is 6.54 Å². The Kier molecular flexibility index (Phi) is 56.6. The molecule has 6 N–H and O–H groups in total. The van der Waals surface area contributed by atoms with Gasteiger partial charge in [-0.2, -0.15) is 0 Å². The van der Waals surface area contributed by atoms with Gasteiger partial charge in [0, 0.05) is 24.6 Å². The molecular formula is C56H116N6O2S2. The van der Waals surface area contributed by atoms with Crippen molar-refractivity contribution in [1.82, 2.24) is 26.2 Å². The Morgan fingerprint density at radius 3 is 1.17 bits per heavy atom. The lowest BCUT2D eigenvalue weighted by atomic mass is 10.0. The number of amides is 2. The molecule has 8 nitrogen and oxygen atoms in total. The molecule has 0 aromatic heterocycles. The molecule has 0 aliphatic carbocycles. The highest BCUT2D eigenvalue weighted by Crippen LogP contribution is 2.25. The Balaban J connectivity index is 4.89. The minimum absolute atomic E-state index is 0.0650. The molecule has 0 heterocycles. The molecule has 0 aromatic rings. The molecule has 0 aromatic carbocycles. The monoisotopic (exact) mass is 969 g/mol. The van der Waals surface area contributed by atoms with Crippen molar-refractivity contribution in [2.75, 3.05) is 70.4 Å². The molecule has 66 heavy (non-hydrogen) atoms. The number of nitrogens with zero attached hydrogens (tertiary/aromatic N) is 1. The van der Waals surface area contributed by atoms with Gasteiger partial charge in [0.1, 0.15) is 6.04 Å². The van der Waals surface area contributed by atoms with Gasteiger partial charge in [0.25, 0.3) is 0 Å². The fourth-order valence-corrected chi connectivity index (χ4v) is 11.1. The number of rotatable bonds is 57. The lowest BCUT2D eigenvalue weighted by Gasteiger charge is -2.28. The first-order valence-electron chi connectivity index (χ1n) is 29.2. The maximum atomic E-state index is 14.4. The molecule has 0 aliphatic heterocycles. The van der Waals surface area contributed by atoms with Crippen molar-refractivity contribution >= 4 is 33.4 Å². The molecule has 0 radical (unpaired) electrons. The molecule has 0 unspecified atom stereocenters. The first kappa shape index (κ1) is 65.5. The van der Waals surface area contributed by atoms with E-state index in [1.165, 1.54) is 218 Å². The largest absolute Gasteiger partial charge is 0.342 e. The third-order valence-corrected chi connectivity index (χ3v) is 15.7. The van der Waals surface area contributed by atoms with Crippen molar-refractivity contribution in [1.29, 1.82) is 0 Å². The van der Waals surface area contributed by atoms with Gasteiger partial charge >= 0.3 is 0 Å². The Labute approximate surface area is 420 Å². The van der Waals surface area contributed by atoms with E-state index in [-0.39, 0.29) is 18.4 Å². The van der Waals surface area contributed by atoms with Crippen molar-refractivity contribution in [3.05, 3.63) is 0 Å². The van der Waals surface area contributed by atoms with Gasteiger partial charge in [-0.15, -0.1) is 0 Å². The molecule has 2 amide bonds. The van der Waals surface area contributed by atoms with Crippen molar-refractivity contribution < 1.29 is 9.59 Å². The molecule has 1 atom stereocenters. The number of carbonyl (C=O) groups excluding carboxylic acids is 2. The van der Waals surface area contributed by atoms with Crippen LogP contribution in [0.3, 0.4) is 0 Å². The molecule has 0 saturated carbocycles. The van der Waals surface area contributed by atoms with Crippen LogP contribution in [0.5, 0.6) is 0 Å². The van der Waals surface area contributed by atoms with Gasteiger partial charge in [0.2, 0.25) is 11.8 Å². The topological polar surface area (TPSA) is 112 Å². The molecule has 0 aliphatic rings. The van der Waals surface area contributed by atoms with Crippen LogP contribution in [0.1, 0.15) is 271 Å². The molecule has 0 spiro atoms. The Morgan fingerprint density at radius 1 is 0.409 bits per heavy atom. The van der Waals surface area contributed by atoms with Gasteiger partial charge in [0.15, 0.2) is 0 Å². The molecule has 0 bridgehead atoms. The summed E-state index contributed by atoms with van der Waals surface area (Å²) in [6.07, 6.45) is 51.3. The van der Waals surface area contributed by atoms with Crippen molar-refractivity contribution in [3.8, 4) is 0 Å². The molecular weight excluding hydrogens is 853 g/mol. The Morgan fingerprint density at radius 2 is 0.758 bits per heavy atom. The van der Waals surface area contributed by atoms with Crippen LogP contribution in [0.15, 0.2) is 0 Å². The van der Waals surface area contributed by atoms with Gasteiger partial charge in [-0.1, -0.05) is 248 Å². The molecule has 10 heteroatoms. The van der Waals surface area contributed by atoms with Crippen LogP contribution in [0, 0.1) is 0 Å². The van der Waals surface area contributed by atoms with E-state index in [4.69, 9.17) is 5.73 Å². The maximum absolute atomic E-state index is 14.4. The van der Waals surface area contributed by atoms with Crippen LogP contribution < -0.4 is 27.0 Å². The zero-order valence-electron chi connectivity index (χ0n) is 44.6. The normalized spacial score (nSPS) is 12.0. The van der Waals surface area contributed by atoms with E-state index in [1.54, 1.807) is 10.8 Å². The summed E-state index contributed by atoms with van der Waals surface area (Å²) < 4.78 is 0. The standard InChI is InChI=1S/C56H116N6O2S2/c1-4-7-10-12-14-16-18-20-22-24-26-28-30-32-34-38-49-62(50-39-35-33-31-29-27-25-23-21-19-17-15-13-11-8-5-2)56(64)54(53-66-65-51-40-9-6-3)61-55(63)52-60-48-42-47-59-45-37-36-44-58-46-41-43-57/h54,58-60H,4-53,57H2,1-3H3,(H,61,63)/t54-/m0/s1. The smallest absolute Gasteiger partial charge is 0.246 e. The summed E-state index contributed by atoms with van der Waals surface area (Å²) in [6, 6.07) is -0.475. The van der Waals surface area contributed by atoms with Crippen LogP contribution in [0.4, 0.5) is 0 Å². The average Bonchev–Trinajstić information content (AvgIpc) is 3.32. The molecule has 0 rings (SSSR count). The van der Waals surface area contributed by atoms with E-state index in [9.17, 15) is 9.59 Å². The van der Waals surface area contributed by atoms with Crippen LogP contribution in [-0.2, 0) is 9.59 Å². The minimum Gasteiger partial charge on any atom is -0.342 e. The maximum Gasteiger partial charge on any atom is 0.246 e. The van der Waals surface area contributed by atoms with Gasteiger partial charge in [-0.05, 0) is 84.2 Å². The van der Waals surface area contributed by atoms with Crippen LogP contribution in [-0.4, -0.2) is 93.2 Å². The highest BCUT2D eigenvalue weighted by atomic mass is 33.1. The lowest BCUT2D eigenvalue weighted by molar-refractivity contribution is -0.135. The first-order chi connectivity index (χ1) is 32.6. The van der Waals surface area contributed by atoms with Crippen LogP contribution in [0.2, 0.25) is 0 Å². The second-order valence-electron chi connectivity index (χ2n) is 19.7. The predicted octanol–water partition coefficient (Wildman–Crippen LogP) is 14.7. The summed E-state index contributed by atoms with van der Waals surface area (Å²) >= 11 is 0. The number of hydrogen-bond acceptors (Lipinski definition) is 8. The third kappa shape index (κ3) is 49.9. The van der Waals surface area contributed by atoms with Crippen LogP contribution >= 0.6 is 21.6 Å². The molecule has 394 valence electrons. The first-order valence-corrected chi connectivity index (χ1v) is 31.7. The number of hydrogen-bond donors (Lipinski definition) is 5. The van der Waals surface area contributed by atoms with Gasteiger partial charge in [-0.25, -0.2) is 0 Å². The predicted molar refractivity (Wildman–Crippen MR) is 298 cm³/mol. The Bertz CT molecular complexity index is 929. The molecule has 0 fully saturated rings. The lowest BCUT2D eigenvalue weighted by Crippen LogP contribution is -2.52. The van der Waals surface area contributed by atoms with E-state index >= 15 is 0 Å². The zero-order chi connectivity index (χ0) is 47.9. The summed E-state index contributed by atoms with van der Waals surface area (Å²) in [7, 11) is 3.62. The fraction of sp³-hybridized carbons (Fsp3) is 0.964. The fourth-order valence-electron chi connectivity index (χ4n) is 8.78. The summed E-state index contributed by atoms with van der Waals surface area (Å²) in [4.78, 5) is 29.8.